The predicted octanol–water partition coefficient (Wildman–Crippen LogP) is 2.87. The van der Waals surface area contributed by atoms with Crippen molar-refractivity contribution < 1.29 is 41.6 Å². The number of methoxy groups -OCH3 is 6. The lowest BCUT2D eigenvalue weighted by Crippen LogP contribution is -2.26. The summed E-state index contributed by atoms with van der Waals surface area (Å²) in [7, 11) is 4.66. The van der Waals surface area contributed by atoms with E-state index in [2.05, 4.69) is 0 Å². The summed E-state index contributed by atoms with van der Waals surface area (Å²) < 4.78 is 58.1. The minimum absolute atomic E-state index is 0.358. The summed E-state index contributed by atoms with van der Waals surface area (Å²) in [6, 6.07) is 6.37. The molecule has 0 fully saturated rings. The molecule has 0 unspecified atom stereocenters. The van der Waals surface area contributed by atoms with Crippen LogP contribution in [0.4, 0.5) is 0 Å². The molecule has 2 rings (SSSR count). The van der Waals surface area contributed by atoms with Gasteiger partial charge in [-0.3, -0.25) is 4.79 Å². The smallest absolute Gasteiger partial charge is 0.257 e. The fourth-order valence-corrected chi connectivity index (χ4v) is 3.70. The third-order valence-corrected chi connectivity index (χ3v) is 5.46. The molecular weight excluding hydrogens is 466 g/mol. The lowest BCUT2D eigenvalue weighted by atomic mass is 10.1. The second-order valence-electron chi connectivity index (χ2n) is 6.56. The minimum atomic E-state index is -4.09. The Morgan fingerprint density at radius 1 is 0.676 bits per heavy atom. The van der Waals surface area contributed by atoms with Crippen LogP contribution in [-0.2, 0) is 14.8 Å². The monoisotopic (exact) mass is 493 g/mol. The Labute approximate surface area is 198 Å². The second-order valence-corrected chi connectivity index (χ2v) is 8.13. The number of carbonyl (C=O) groups excluding carboxylic acids is 1. The first-order valence-electron chi connectivity index (χ1n) is 9.74. The molecule has 11 heteroatoms. The molecule has 0 bridgehead atoms. The normalized spacial score (nSPS) is 11.4. The topological polar surface area (TPSA) is 119 Å². The molecule has 1 amide bonds. The van der Waals surface area contributed by atoms with E-state index < -0.39 is 15.9 Å². The number of benzene rings is 2. The van der Waals surface area contributed by atoms with Crippen molar-refractivity contribution in [3.05, 3.63) is 46.9 Å². The van der Waals surface area contributed by atoms with Crippen LogP contribution in [0.5, 0.6) is 34.5 Å². The van der Waals surface area contributed by atoms with Gasteiger partial charge in [-0.2, -0.15) is 0 Å². The number of amides is 1. The van der Waals surface area contributed by atoms with Crippen LogP contribution < -0.4 is 33.1 Å². The molecule has 0 aliphatic heterocycles. The van der Waals surface area contributed by atoms with Gasteiger partial charge in [0.2, 0.25) is 11.5 Å². The summed E-state index contributed by atoms with van der Waals surface area (Å²) in [5.74, 6) is 1.42. The maximum atomic E-state index is 12.3. The van der Waals surface area contributed by atoms with Crippen LogP contribution in [0.1, 0.15) is 11.1 Å². The van der Waals surface area contributed by atoms with Crippen molar-refractivity contribution in [3.8, 4) is 34.5 Å². The Bertz CT molecular complexity index is 1140. The summed E-state index contributed by atoms with van der Waals surface area (Å²) in [6.45, 7) is 0. The molecule has 0 saturated heterocycles. The van der Waals surface area contributed by atoms with E-state index in [1.54, 1.807) is 24.3 Å². The molecule has 0 aliphatic carbocycles. The molecule has 2 aromatic rings. The van der Waals surface area contributed by atoms with Gasteiger partial charge in [0.25, 0.3) is 15.9 Å². The number of nitrogens with one attached hydrogen (secondary N) is 1. The highest BCUT2D eigenvalue weighted by atomic mass is 32.2. The maximum absolute atomic E-state index is 12.3. The fraction of sp³-hybridized carbons (Fsp3) is 0.261. The van der Waals surface area contributed by atoms with E-state index in [0.29, 0.717) is 45.6 Å². The first-order valence-corrected chi connectivity index (χ1v) is 11.3. The molecule has 1 N–H and O–H groups in total. The number of rotatable bonds is 11. The van der Waals surface area contributed by atoms with Crippen LogP contribution in [0.2, 0.25) is 0 Å². The summed E-state index contributed by atoms with van der Waals surface area (Å²) in [5, 5.41) is 0.860. The summed E-state index contributed by atoms with van der Waals surface area (Å²) >= 11 is 0. The van der Waals surface area contributed by atoms with E-state index in [9.17, 15) is 13.2 Å². The third kappa shape index (κ3) is 6.58. The van der Waals surface area contributed by atoms with Crippen molar-refractivity contribution >= 4 is 28.1 Å². The van der Waals surface area contributed by atoms with Gasteiger partial charge in [0.05, 0.1) is 48.1 Å². The van der Waals surface area contributed by atoms with E-state index in [1.807, 2.05) is 4.72 Å². The van der Waals surface area contributed by atoms with Crippen LogP contribution >= 0.6 is 0 Å². The van der Waals surface area contributed by atoms with Crippen LogP contribution in [0, 0.1) is 0 Å². The third-order valence-electron chi connectivity index (χ3n) is 4.48. The molecule has 0 atom stereocenters. The van der Waals surface area contributed by atoms with Crippen molar-refractivity contribution in [2.24, 2.45) is 0 Å². The molecular formula is C23H27NO9S. The first kappa shape index (κ1) is 26.4. The molecule has 0 saturated carbocycles. The first-order chi connectivity index (χ1) is 16.2. The van der Waals surface area contributed by atoms with Crippen LogP contribution in [0.15, 0.2) is 35.7 Å². The Hall–Kier alpha value is -3.86. The Balaban J connectivity index is 2.19. The standard InChI is InChI=1S/C23H27NO9S/c1-28-17-11-15(12-18(29-2)22(17)32-5)7-8-21(25)24-34(26,27)10-9-16-13-19(30-3)23(33-6)20(14-16)31-4/h7-14H,1-6H3,(H,24,25)/b8-7+,10-9+. The molecule has 0 aromatic heterocycles. The number of hydrogen-bond donors (Lipinski definition) is 1. The van der Waals surface area contributed by atoms with Crippen molar-refractivity contribution in [2.45, 2.75) is 0 Å². The highest BCUT2D eigenvalue weighted by Crippen LogP contribution is 2.39. The lowest BCUT2D eigenvalue weighted by molar-refractivity contribution is -0.114. The average Bonchev–Trinajstić information content (AvgIpc) is 2.84. The van der Waals surface area contributed by atoms with Gasteiger partial charge in [0.15, 0.2) is 23.0 Å². The van der Waals surface area contributed by atoms with E-state index in [4.69, 9.17) is 28.4 Å². The highest BCUT2D eigenvalue weighted by Gasteiger charge is 2.15. The fourth-order valence-electron chi connectivity index (χ4n) is 2.94. The number of ether oxygens (including phenoxy) is 6. The number of carbonyl (C=O) groups is 1. The molecule has 2 aromatic carbocycles. The van der Waals surface area contributed by atoms with Gasteiger partial charge in [-0.15, -0.1) is 0 Å². The van der Waals surface area contributed by atoms with Gasteiger partial charge in [0, 0.05) is 6.08 Å². The van der Waals surface area contributed by atoms with Gasteiger partial charge in [-0.25, -0.2) is 13.1 Å². The minimum Gasteiger partial charge on any atom is -0.493 e. The lowest BCUT2D eigenvalue weighted by Gasteiger charge is -2.13. The average molecular weight is 494 g/mol. The van der Waals surface area contributed by atoms with Crippen LogP contribution in [0.3, 0.4) is 0 Å². The summed E-state index contributed by atoms with van der Waals surface area (Å²) in [6.07, 6.45) is 3.78. The van der Waals surface area contributed by atoms with Gasteiger partial charge in [-0.05, 0) is 47.5 Å². The Morgan fingerprint density at radius 3 is 1.41 bits per heavy atom. The van der Waals surface area contributed by atoms with Gasteiger partial charge < -0.3 is 28.4 Å². The van der Waals surface area contributed by atoms with Gasteiger partial charge in [-0.1, -0.05) is 0 Å². The van der Waals surface area contributed by atoms with Crippen LogP contribution in [0.25, 0.3) is 12.2 Å². The van der Waals surface area contributed by atoms with E-state index >= 15 is 0 Å². The van der Waals surface area contributed by atoms with Crippen molar-refractivity contribution in [2.75, 3.05) is 42.7 Å². The molecule has 0 heterocycles. The zero-order chi connectivity index (χ0) is 25.3. The largest absolute Gasteiger partial charge is 0.493 e. The van der Waals surface area contributed by atoms with Crippen molar-refractivity contribution in [3.63, 3.8) is 0 Å². The van der Waals surface area contributed by atoms with Gasteiger partial charge >= 0.3 is 0 Å². The van der Waals surface area contributed by atoms with Crippen molar-refractivity contribution in [1.29, 1.82) is 0 Å². The molecule has 34 heavy (non-hydrogen) atoms. The molecule has 0 spiro atoms. The van der Waals surface area contributed by atoms with E-state index in [0.717, 1.165) is 11.5 Å². The molecule has 184 valence electrons. The van der Waals surface area contributed by atoms with Crippen LogP contribution in [-0.4, -0.2) is 57.0 Å². The zero-order valence-electron chi connectivity index (χ0n) is 19.7. The van der Waals surface area contributed by atoms with E-state index in [-0.39, 0.29) is 0 Å². The SMILES string of the molecule is COc1cc(/C=C/C(=O)NS(=O)(=O)/C=C/c2cc(OC)c(OC)c(OC)c2)cc(OC)c1OC. The predicted molar refractivity (Wildman–Crippen MR) is 127 cm³/mol. The number of hydrogen-bond acceptors (Lipinski definition) is 9. The highest BCUT2D eigenvalue weighted by molar-refractivity contribution is 7.93. The molecule has 10 nitrogen and oxygen atoms in total. The zero-order valence-corrected chi connectivity index (χ0v) is 20.5. The van der Waals surface area contributed by atoms with Gasteiger partial charge in [0.1, 0.15) is 0 Å². The quantitative estimate of drug-likeness (QED) is 0.471. The Morgan fingerprint density at radius 2 is 1.06 bits per heavy atom. The van der Waals surface area contributed by atoms with Crippen molar-refractivity contribution in [1.82, 2.24) is 4.72 Å². The molecule has 0 radical (unpaired) electrons. The summed E-state index contributed by atoms with van der Waals surface area (Å²) in [5.41, 5.74) is 0.996. The number of sulfonamides is 1. The second kappa shape index (κ2) is 11.8. The maximum Gasteiger partial charge on any atom is 0.257 e. The Kier molecular flexibility index (Phi) is 9.19. The summed E-state index contributed by atoms with van der Waals surface area (Å²) in [4.78, 5) is 12.2. The molecule has 0 aliphatic rings. The van der Waals surface area contributed by atoms with E-state index in [1.165, 1.54) is 54.8 Å².